The number of hydrogen-bond donors (Lipinski definition) is 1. The third-order valence-electron chi connectivity index (χ3n) is 5.39. The molecule has 6 nitrogen and oxygen atoms in total. The first-order chi connectivity index (χ1) is 16.3. The van der Waals surface area contributed by atoms with Gasteiger partial charge < -0.3 is 14.6 Å². The van der Waals surface area contributed by atoms with E-state index in [-0.39, 0.29) is 11.3 Å². The number of pyridine rings is 1. The lowest BCUT2D eigenvalue weighted by Gasteiger charge is -2.19. The van der Waals surface area contributed by atoms with E-state index in [9.17, 15) is 14.4 Å². The van der Waals surface area contributed by atoms with Gasteiger partial charge in [0.15, 0.2) is 6.10 Å². The standard InChI is InChI=1S/C26H20Cl2N2O4/c1-15(24(31)29-19-13-11-18(28)12-14-19)34-26(33)23-22(16-7-9-17(27)10-8-16)20-5-3-4-6-21(20)25(32)30(23)2/h3-15H,1-2H3,(H,29,31). The molecule has 1 N–H and O–H groups in total. The number of esters is 1. The van der Waals surface area contributed by atoms with Gasteiger partial charge in [-0.15, -0.1) is 0 Å². The zero-order valence-electron chi connectivity index (χ0n) is 18.3. The molecule has 1 atom stereocenters. The lowest BCUT2D eigenvalue weighted by Crippen LogP contribution is -2.32. The van der Waals surface area contributed by atoms with E-state index in [1.807, 2.05) is 0 Å². The number of rotatable bonds is 5. The fourth-order valence-electron chi connectivity index (χ4n) is 3.66. The van der Waals surface area contributed by atoms with Crippen molar-refractivity contribution in [3.05, 3.63) is 98.9 Å². The Morgan fingerprint density at radius 1 is 0.882 bits per heavy atom. The summed E-state index contributed by atoms with van der Waals surface area (Å²) in [5.74, 6) is -1.32. The number of amides is 1. The first-order valence-corrected chi connectivity index (χ1v) is 11.2. The van der Waals surface area contributed by atoms with Crippen LogP contribution in [0.25, 0.3) is 21.9 Å². The van der Waals surface area contributed by atoms with E-state index in [0.29, 0.717) is 37.6 Å². The number of aromatic nitrogens is 1. The molecule has 0 aliphatic heterocycles. The van der Waals surface area contributed by atoms with Gasteiger partial charge in [0.2, 0.25) is 0 Å². The monoisotopic (exact) mass is 494 g/mol. The number of carbonyl (C=O) groups excluding carboxylic acids is 2. The van der Waals surface area contributed by atoms with Crippen LogP contribution in [0.3, 0.4) is 0 Å². The van der Waals surface area contributed by atoms with Crippen molar-refractivity contribution in [2.24, 2.45) is 7.05 Å². The average molecular weight is 495 g/mol. The summed E-state index contributed by atoms with van der Waals surface area (Å²) in [6, 6.07) is 20.5. The number of nitrogens with zero attached hydrogens (tertiary/aromatic N) is 1. The van der Waals surface area contributed by atoms with Crippen molar-refractivity contribution >= 4 is 51.5 Å². The highest BCUT2D eigenvalue weighted by Crippen LogP contribution is 2.32. The van der Waals surface area contributed by atoms with Crippen LogP contribution in [-0.2, 0) is 16.6 Å². The van der Waals surface area contributed by atoms with Crippen LogP contribution in [0, 0.1) is 0 Å². The molecule has 3 aromatic carbocycles. The van der Waals surface area contributed by atoms with Gasteiger partial charge in [0, 0.05) is 33.7 Å². The lowest BCUT2D eigenvalue weighted by molar-refractivity contribution is -0.123. The molecule has 0 bridgehead atoms. The minimum Gasteiger partial charge on any atom is -0.448 e. The highest BCUT2D eigenvalue weighted by atomic mass is 35.5. The van der Waals surface area contributed by atoms with Crippen molar-refractivity contribution in [1.29, 1.82) is 0 Å². The molecule has 172 valence electrons. The minimum atomic E-state index is -1.12. The van der Waals surface area contributed by atoms with Gasteiger partial charge >= 0.3 is 5.97 Å². The van der Waals surface area contributed by atoms with Crippen LogP contribution in [0.15, 0.2) is 77.6 Å². The number of nitrogens with one attached hydrogen (secondary N) is 1. The molecule has 0 radical (unpaired) electrons. The molecule has 1 heterocycles. The first-order valence-electron chi connectivity index (χ1n) is 10.4. The maximum absolute atomic E-state index is 13.3. The molecule has 4 rings (SSSR count). The van der Waals surface area contributed by atoms with Crippen LogP contribution in [0.5, 0.6) is 0 Å². The number of halogens is 2. The topological polar surface area (TPSA) is 77.4 Å². The summed E-state index contributed by atoms with van der Waals surface area (Å²) in [5, 5.41) is 4.80. The van der Waals surface area contributed by atoms with Crippen LogP contribution < -0.4 is 10.9 Å². The average Bonchev–Trinajstić information content (AvgIpc) is 2.83. The van der Waals surface area contributed by atoms with Gasteiger partial charge in [0.05, 0.1) is 0 Å². The molecule has 1 unspecified atom stereocenters. The Balaban J connectivity index is 1.73. The van der Waals surface area contributed by atoms with E-state index in [2.05, 4.69) is 5.32 Å². The van der Waals surface area contributed by atoms with Crippen molar-refractivity contribution < 1.29 is 14.3 Å². The van der Waals surface area contributed by atoms with Gasteiger partial charge in [-0.3, -0.25) is 9.59 Å². The highest BCUT2D eigenvalue weighted by Gasteiger charge is 2.26. The maximum Gasteiger partial charge on any atom is 0.356 e. The van der Waals surface area contributed by atoms with Crippen molar-refractivity contribution in [3.63, 3.8) is 0 Å². The molecule has 0 saturated heterocycles. The lowest BCUT2D eigenvalue weighted by atomic mass is 9.96. The fourth-order valence-corrected chi connectivity index (χ4v) is 3.91. The summed E-state index contributed by atoms with van der Waals surface area (Å²) in [6.45, 7) is 1.46. The van der Waals surface area contributed by atoms with Gasteiger partial charge in [-0.05, 0) is 60.3 Å². The van der Waals surface area contributed by atoms with Gasteiger partial charge in [-0.2, -0.15) is 0 Å². The smallest absolute Gasteiger partial charge is 0.356 e. The van der Waals surface area contributed by atoms with Crippen LogP contribution in [0.2, 0.25) is 10.0 Å². The molecule has 1 amide bonds. The van der Waals surface area contributed by atoms with E-state index in [4.69, 9.17) is 27.9 Å². The Labute approximate surface area is 205 Å². The molecule has 0 aliphatic carbocycles. The number of anilines is 1. The number of benzene rings is 3. The largest absolute Gasteiger partial charge is 0.448 e. The molecule has 4 aromatic rings. The molecular formula is C26H20Cl2N2O4. The normalized spacial score (nSPS) is 11.8. The van der Waals surface area contributed by atoms with Crippen molar-refractivity contribution in [1.82, 2.24) is 4.57 Å². The summed E-state index contributed by atoms with van der Waals surface area (Å²) in [6.07, 6.45) is -1.12. The zero-order chi connectivity index (χ0) is 24.4. The number of fused-ring (bicyclic) bond motifs is 1. The highest BCUT2D eigenvalue weighted by molar-refractivity contribution is 6.31. The van der Waals surface area contributed by atoms with Gasteiger partial charge in [0.25, 0.3) is 11.5 Å². The third-order valence-corrected chi connectivity index (χ3v) is 5.90. The second-order valence-corrected chi connectivity index (χ2v) is 8.56. The van der Waals surface area contributed by atoms with Crippen LogP contribution in [0.1, 0.15) is 17.4 Å². The van der Waals surface area contributed by atoms with Crippen LogP contribution in [0.4, 0.5) is 5.69 Å². The molecule has 1 aromatic heterocycles. The molecule has 0 fully saturated rings. The number of hydrogen-bond acceptors (Lipinski definition) is 4. The summed E-state index contributed by atoms with van der Waals surface area (Å²) in [5.41, 5.74) is 1.40. The van der Waals surface area contributed by atoms with Crippen molar-refractivity contribution in [3.8, 4) is 11.1 Å². The SMILES string of the molecule is CC(OC(=O)c1c(-c2ccc(Cl)cc2)c2ccccc2c(=O)n1C)C(=O)Nc1ccc(Cl)cc1. The predicted octanol–water partition coefficient (Wildman–Crippen LogP) is 5.70. The summed E-state index contributed by atoms with van der Waals surface area (Å²) >= 11 is 11.9. The third kappa shape index (κ3) is 4.69. The quantitative estimate of drug-likeness (QED) is 0.361. The Morgan fingerprint density at radius 3 is 2.06 bits per heavy atom. The second kappa shape index (κ2) is 9.71. The first kappa shape index (κ1) is 23.5. The second-order valence-electron chi connectivity index (χ2n) is 7.68. The molecule has 0 saturated carbocycles. The summed E-state index contributed by atoms with van der Waals surface area (Å²) in [4.78, 5) is 39.0. The fraction of sp³-hybridized carbons (Fsp3) is 0.115. The van der Waals surface area contributed by atoms with Crippen LogP contribution >= 0.6 is 23.2 Å². The predicted molar refractivity (Wildman–Crippen MR) is 135 cm³/mol. The van der Waals surface area contributed by atoms with Crippen LogP contribution in [-0.4, -0.2) is 22.5 Å². The molecular weight excluding hydrogens is 475 g/mol. The van der Waals surface area contributed by atoms with Gasteiger partial charge in [-0.1, -0.05) is 53.5 Å². The van der Waals surface area contributed by atoms with E-state index < -0.39 is 18.0 Å². The minimum absolute atomic E-state index is 0.0390. The van der Waals surface area contributed by atoms with Gasteiger partial charge in [0.1, 0.15) is 5.69 Å². The van der Waals surface area contributed by atoms with E-state index >= 15 is 0 Å². The molecule has 0 aliphatic rings. The molecule has 0 spiro atoms. The van der Waals surface area contributed by atoms with Crippen molar-refractivity contribution in [2.45, 2.75) is 13.0 Å². The zero-order valence-corrected chi connectivity index (χ0v) is 19.9. The Hall–Kier alpha value is -3.61. The van der Waals surface area contributed by atoms with Gasteiger partial charge in [-0.25, -0.2) is 4.79 Å². The van der Waals surface area contributed by atoms with E-state index in [1.165, 1.54) is 18.5 Å². The molecule has 8 heteroatoms. The maximum atomic E-state index is 13.3. The molecule has 34 heavy (non-hydrogen) atoms. The number of ether oxygens (including phenoxy) is 1. The Kier molecular flexibility index (Phi) is 6.72. The summed E-state index contributed by atoms with van der Waals surface area (Å²) in [7, 11) is 1.50. The Morgan fingerprint density at radius 2 is 1.44 bits per heavy atom. The number of carbonyl (C=O) groups is 2. The van der Waals surface area contributed by atoms with Crippen molar-refractivity contribution in [2.75, 3.05) is 5.32 Å². The summed E-state index contributed by atoms with van der Waals surface area (Å²) < 4.78 is 6.75. The van der Waals surface area contributed by atoms with E-state index in [0.717, 1.165) is 0 Å². The van der Waals surface area contributed by atoms with E-state index in [1.54, 1.807) is 72.8 Å². The Bertz CT molecular complexity index is 1450.